The van der Waals surface area contributed by atoms with Gasteiger partial charge in [0.05, 0.1) is 18.8 Å². The minimum atomic E-state index is -1.44. The smallest absolute Gasteiger partial charge is 0.186 e. The van der Waals surface area contributed by atoms with Crippen LogP contribution in [0.4, 0.5) is 0 Å². The first kappa shape index (κ1) is 32.8. The minimum Gasteiger partial charge on any atom is -0.394 e. The molecule has 15 atom stereocenters. The molecule has 0 radical (unpaired) electrons. The molecule has 0 amide bonds. The van der Waals surface area contributed by atoms with Crippen LogP contribution in [-0.4, -0.2) is 75.1 Å². The Bertz CT molecular complexity index is 952. The molecule has 0 spiro atoms. The zero-order valence-corrected chi connectivity index (χ0v) is 27.0. The largest absolute Gasteiger partial charge is 0.394 e. The molecule has 0 aromatic heterocycles. The highest BCUT2D eigenvalue weighted by molar-refractivity contribution is 5.32. The number of fused-ring (bicyclic) bond motifs is 5. The van der Waals surface area contributed by atoms with Gasteiger partial charge in [-0.1, -0.05) is 78.9 Å². The number of ether oxygens (including phenoxy) is 2. The van der Waals surface area contributed by atoms with Crippen LogP contribution in [0, 0.1) is 52.3 Å². The summed E-state index contributed by atoms with van der Waals surface area (Å²) in [5.74, 6) is 3.36. The van der Waals surface area contributed by atoms with E-state index in [0.717, 1.165) is 50.9 Å². The first-order valence-electron chi connectivity index (χ1n) is 17.2. The number of rotatable bonds is 9. The maximum absolute atomic E-state index is 11.9. The Morgan fingerprint density at radius 3 is 2.36 bits per heavy atom. The van der Waals surface area contributed by atoms with Gasteiger partial charge >= 0.3 is 0 Å². The molecule has 1 saturated heterocycles. The Kier molecular flexibility index (Phi) is 9.92. The number of hydrogen-bond acceptors (Lipinski definition) is 7. The van der Waals surface area contributed by atoms with E-state index in [1.54, 1.807) is 0 Å². The van der Waals surface area contributed by atoms with Crippen LogP contribution in [0.5, 0.6) is 0 Å². The van der Waals surface area contributed by atoms with Crippen molar-refractivity contribution in [2.45, 2.75) is 149 Å². The highest BCUT2D eigenvalue weighted by Gasteiger charge is 2.62. The van der Waals surface area contributed by atoms with Crippen molar-refractivity contribution >= 4 is 0 Å². The van der Waals surface area contributed by atoms with Gasteiger partial charge in [-0.05, 0) is 85.4 Å². The van der Waals surface area contributed by atoms with Gasteiger partial charge in [-0.15, -0.1) is 0 Å². The lowest BCUT2D eigenvalue weighted by atomic mass is 9.47. The maximum Gasteiger partial charge on any atom is 0.186 e. The summed E-state index contributed by atoms with van der Waals surface area (Å²) in [5.41, 5.74) is 1.14. The van der Waals surface area contributed by atoms with Gasteiger partial charge in [0, 0.05) is 5.41 Å². The van der Waals surface area contributed by atoms with Crippen molar-refractivity contribution in [3.05, 3.63) is 11.6 Å². The molecular weight excluding hydrogens is 532 g/mol. The second-order valence-electron chi connectivity index (χ2n) is 15.7. The molecule has 1 heterocycles. The maximum atomic E-state index is 11.9. The topological polar surface area (TPSA) is 120 Å². The molecular formula is C35H60O7. The highest BCUT2D eigenvalue weighted by Crippen LogP contribution is 2.67. The molecule has 4 fully saturated rings. The summed E-state index contributed by atoms with van der Waals surface area (Å²) in [4.78, 5) is 0. The van der Waals surface area contributed by atoms with Crippen LogP contribution in [0.2, 0.25) is 0 Å². The molecule has 0 aromatic carbocycles. The molecule has 5 rings (SSSR count). The van der Waals surface area contributed by atoms with Crippen molar-refractivity contribution in [3.63, 3.8) is 0 Å². The van der Waals surface area contributed by atoms with Gasteiger partial charge < -0.3 is 35.0 Å². The normalized spacial score (nSPS) is 48.7. The van der Waals surface area contributed by atoms with Crippen LogP contribution in [-0.2, 0) is 9.47 Å². The highest BCUT2D eigenvalue weighted by atomic mass is 16.7. The van der Waals surface area contributed by atoms with Crippen LogP contribution in [0.3, 0.4) is 0 Å². The summed E-state index contributed by atoms with van der Waals surface area (Å²) < 4.78 is 12.5. The van der Waals surface area contributed by atoms with Gasteiger partial charge in [0.25, 0.3) is 0 Å². The van der Waals surface area contributed by atoms with E-state index in [4.69, 9.17) is 9.47 Å². The van der Waals surface area contributed by atoms with E-state index < -0.39 is 43.4 Å². The van der Waals surface area contributed by atoms with Gasteiger partial charge in [-0.3, -0.25) is 0 Å². The first-order chi connectivity index (χ1) is 19.9. The van der Waals surface area contributed by atoms with Crippen molar-refractivity contribution in [2.24, 2.45) is 52.3 Å². The Morgan fingerprint density at radius 2 is 1.69 bits per heavy atom. The fourth-order valence-corrected chi connectivity index (χ4v) is 10.7. The molecule has 15 unspecified atom stereocenters. The summed E-state index contributed by atoms with van der Waals surface area (Å²) in [6.45, 7) is 13.7. The third-order valence-electron chi connectivity index (χ3n) is 13.4. The fourth-order valence-electron chi connectivity index (χ4n) is 10.7. The van der Waals surface area contributed by atoms with Gasteiger partial charge in [-0.2, -0.15) is 0 Å². The molecule has 0 aromatic rings. The summed E-state index contributed by atoms with van der Waals surface area (Å²) in [5, 5.41) is 53.3. The van der Waals surface area contributed by atoms with E-state index in [0.29, 0.717) is 29.6 Å². The van der Waals surface area contributed by atoms with E-state index in [-0.39, 0.29) is 22.9 Å². The minimum absolute atomic E-state index is 0.0996. The van der Waals surface area contributed by atoms with Crippen LogP contribution in [0.15, 0.2) is 11.6 Å². The first-order valence-corrected chi connectivity index (χ1v) is 17.2. The predicted octanol–water partition coefficient (Wildman–Crippen LogP) is 4.82. The Morgan fingerprint density at radius 1 is 0.952 bits per heavy atom. The Balaban J connectivity index is 1.41. The number of aliphatic hydroxyl groups is 5. The lowest BCUT2D eigenvalue weighted by molar-refractivity contribution is -0.321. The fraction of sp³-hybridized carbons (Fsp3) is 0.943. The average molecular weight is 593 g/mol. The Hall–Kier alpha value is -0.540. The van der Waals surface area contributed by atoms with E-state index in [1.165, 1.54) is 24.8 Å². The van der Waals surface area contributed by atoms with Gasteiger partial charge in [0.1, 0.15) is 24.4 Å². The van der Waals surface area contributed by atoms with Crippen LogP contribution < -0.4 is 0 Å². The summed E-state index contributed by atoms with van der Waals surface area (Å²) in [6, 6.07) is 0. The molecule has 42 heavy (non-hydrogen) atoms. The molecule has 5 N–H and O–H groups in total. The molecule has 4 aliphatic carbocycles. The van der Waals surface area contributed by atoms with Gasteiger partial charge in [-0.25, -0.2) is 0 Å². The number of allylic oxidation sites excluding steroid dienone is 1. The third kappa shape index (κ3) is 5.45. The van der Waals surface area contributed by atoms with Crippen LogP contribution in [0.25, 0.3) is 0 Å². The quantitative estimate of drug-likeness (QED) is 0.244. The molecule has 3 saturated carbocycles. The molecule has 5 aliphatic rings. The molecule has 0 bridgehead atoms. The second-order valence-corrected chi connectivity index (χ2v) is 15.7. The lowest BCUT2D eigenvalue weighted by Gasteiger charge is -2.60. The van der Waals surface area contributed by atoms with E-state index in [9.17, 15) is 25.5 Å². The van der Waals surface area contributed by atoms with Crippen LogP contribution >= 0.6 is 0 Å². The van der Waals surface area contributed by atoms with E-state index >= 15 is 0 Å². The average Bonchev–Trinajstić information content (AvgIpc) is 3.33. The van der Waals surface area contributed by atoms with Crippen molar-refractivity contribution in [1.82, 2.24) is 0 Å². The van der Waals surface area contributed by atoms with Crippen molar-refractivity contribution in [3.8, 4) is 0 Å². The predicted molar refractivity (Wildman–Crippen MR) is 162 cm³/mol. The molecule has 7 nitrogen and oxygen atoms in total. The monoisotopic (exact) mass is 592 g/mol. The molecule has 7 heteroatoms. The van der Waals surface area contributed by atoms with E-state index in [1.807, 2.05) is 0 Å². The van der Waals surface area contributed by atoms with Crippen molar-refractivity contribution in [2.75, 3.05) is 6.61 Å². The zero-order valence-electron chi connectivity index (χ0n) is 27.0. The summed E-state index contributed by atoms with van der Waals surface area (Å²) in [6.07, 6.45) is 6.42. The van der Waals surface area contributed by atoms with Crippen LogP contribution in [0.1, 0.15) is 106 Å². The standard InChI is InChI=1S/C35H60O7/c1-7-21(19(2)3)12-11-20(4)23-13-14-24-22-16-27(41-33-32(40)31(39)30(38)28(18-36)42-33)25-10-8-9-15-34(25,5)26(22)17-29(37)35(23,24)6/h17,19-25,27-33,36-40H,7-16,18H2,1-6H3. The zero-order chi connectivity index (χ0) is 30.6. The summed E-state index contributed by atoms with van der Waals surface area (Å²) in [7, 11) is 0. The Labute approximate surface area is 254 Å². The number of hydrogen-bond donors (Lipinski definition) is 5. The van der Waals surface area contributed by atoms with Gasteiger partial charge in [0.15, 0.2) is 6.29 Å². The third-order valence-corrected chi connectivity index (χ3v) is 13.4. The second kappa shape index (κ2) is 12.7. The number of aliphatic hydroxyl groups excluding tert-OH is 5. The lowest BCUT2D eigenvalue weighted by Crippen LogP contribution is -2.61. The van der Waals surface area contributed by atoms with Crippen molar-refractivity contribution < 1.29 is 35.0 Å². The summed E-state index contributed by atoms with van der Waals surface area (Å²) >= 11 is 0. The SMILES string of the molecule is CCC(CCC(C)C1CCC2C3CC(OC4OC(CO)C(O)C(O)C4O)C4CCCCC4(C)C3=CC(O)C12C)C(C)C. The molecule has 1 aliphatic heterocycles. The molecule has 242 valence electrons. The van der Waals surface area contributed by atoms with E-state index in [2.05, 4.69) is 47.6 Å². The van der Waals surface area contributed by atoms with Crippen molar-refractivity contribution in [1.29, 1.82) is 0 Å². The van der Waals surface area contributed by atoms with Gasteiger partial charge in [0.2, 0.25) is 0 Å².